The van der Waals surface area contributed by atoms with Gasteiger partial charge in [0.25, 0.3) is 0 Å². The fraction of sp³-hybridized carbons (Fsp3) is 0.167. The van der Waals surface area contributed by atoms with Crippen LogP contribution in [-0.4, -0.2) is 35.3 Å². The third-order valence-electron chi connectivity index (χ3n) is 3.35. The Labute approximate surface area is 144 Å². The van der Waals surface area contributed by atoms with Gasteiger partial charge in [-0.1, -0.05) is 54.2 Å². The molecule has 0 fully saturated rings. The lowest BCUT2D eigenvalue weighted by molar-refractivity contribution is 0.605. The number of aromatic nitrogens is 2. The highest BCUT2D eigenvalue weighted by molar-refractivity contribution is 7.98. The lowest BCUT2D eigenvalue weighted by Gasteiger charge is -2.06. The number of nitrogens with zero attached hydrogens (tertiary/aromatic N) is 4. The van der Waals surface area contributed by atoms with Crippen molar-refractivity contribution in [3.63, 3.8) is 0 Å². The van der Waals surface area contributed by atoms with Gasteiger partial charge in [-0.3, -0.25) is 0 Å². The van der Waals surface area contributed by atoms with Gasteiger partial charge in [-0.15, -0.1) is 0 Å². The van der Waals surface area contributed by atoms with E-state index in [0.29, 0.717) is 10.9 Å². The summed E-state index contributed by atoms with van der Waals surface area (Å²) in [5.41, 5.74) is 1.20. The molecule has 3 aromatic rings. The molecule has 0 spiro atoms. The lowest BCUT2D eigenvalue weighted by Crippen LogP contribution is -2.07. The standard InChI is InChI=1S/C18H17FN4S/c1-23(2)12-21-17-16(19)10-20-18(22-17)24-11-14-8-5-7-13-6-3-4-9-15(13)14/h3-10,12H,11H2,1-2H3. The molecule has 0 aliphatic carbocycles. The van der Waals surface area contributed by atoms with E-state index in [-0.39, 0.29) is 5.82 Å². The van der Waals surface area contributed by atoms with Crippen molar-refractivity contribution >= 4 is 34.7 Å². The third kappa shape index (κ3) is 3.89. The molecule has 0 saturated carbocycles. The van der Waals surface area contributed by atoms with Crippen molar-refractivity contribution < 1.29 is 4.39 Å². The van der Waals surface area contributed by atoms with Crippen molar-refractivity contribution in [1.29, 1.82) is 0 Å². The van der Waals surface area contributed by atoms with Crippen LogP contribution in [0.1, 0.15) is 5.56 Å². The van der Waals surface area contributed by atoms with Crippen LogP contribution in [0.5, 0.6) is 0 Å². The van der Waals surface area contributed by atoms with Gasteiger partial charge in [0.1, 0.15) is 0 Å². The highest BCUT2D eigenvalue weighted by Gasteiger charge is 2.08. The van der Waals surface area contributed by atoms with Gasteiger partial charge in [0.05, 0.1) is 12.5 Å². The first-order chi connectivity index (χ1) is 11.6. The number of halogens is 1. The van der Waals surface area contributed by atoms with Crippen molar-refractivity contribution in [1.82, 2.24) is 14.9 Å². The second-order valence-electron chi connectivity index (χ2n) is 5.46. The first-order valence-corrected chi connectivity index (χ1v) is 8.44. The number of rotatable bonds is 5. The van der Waals surface area contributed by atoms with Crippen molar-refractivity contribution in [3.05, 3.63) is 60.0 Å². The van der Waals surface area contributed by atoms with E-state index in [2.05, 4.69) is 39.2 Å². The van der Waals surface area contributed by atoms with Crippen LogP contribution in [0.15, 0.2) is 58.8 Å². The molecule has 0 unspecified atom stereocenters. The van der Waals surface area contributed by atoms with E-state index >= 15 is 0 Å². The van der Waals surface area contributed by atoms with Gasteiger partial charge in [0, 0.05) is 19.8 Å². The predicted octanol–water partition coefficient (Wildman–Crippen LogP) is 4.28. The summed E-state index contributed by atoms with van der Waals surface area (Å²) in [6.45, 7) is 0. The van der Waals surface area contributed by atoms with Gasteiger partial charge in [-0.2, -0.15) is 4.98 Å². The number of thioether (sulfide) groups is 1. The van der Waals surface area contributed by atoms with Gasteiger partial charge < -0.3 is 4.90 Å². The van der Waals surface area contributed by atoms with Gasteiger partial charge >= 0.3 is 0 Å². The maximum Gasteiger partial charge on any atom is 0.194 e. The normalized spacial score (nSPS) is 11.3. The Balaban J connectivity index is 1.80. The van der Waals surface area contributed by atoms with Crippen LogP contribution < -0.4 is 0 Å². The van der Waals surface area contributed by atoms with Crippen LogP contribution >= 0.6 is 11.8 Å². The minimum atomic E-state index is -0.525. The molecular weight excluding hydrogens is 323 g/mol. The van der Waals surface area contributed by atoms with Gasteiger partial charge in [-0.05, 0) is 16.3 Å². The molecule has 4 nitrogen and oxygen atoms in total. The number of benzene rings is 2. The summed E-state index contributed by atoms with van der Waals surface area (Å²) < 4.78 is 13.7. The van der Waals surface area contributed by atoms with Crippen LogP contribution in [-0.2, 0) is 5.75 Å². The molecule has 0 amide bonds. The smallest absolute Gasteiger partial charge is 0.194 e. The molecule has 3 rings (SSSR count). The topological polar surface area (TPSA) is 41.4 Å². The lowest BCUT2D eigenvalue weighted by atomic mass is 10.1. The summed E-state index contributed by atoms with van der Waals surface area (Å²) in [5, 5.41) is 2.92. The monoisotopic (exact) mass is 340 g/mol. The molecule has 122 valence electrons. The van der Waals surface area contributed by atoms with E-state index in [1.54, 1.807) is 4.90 Å². The summed E-state index contributed by atoms with van der Waals surface area (Å²) in [7, 11) is 3.64. The van der Waals surface area contributed by atoms with Crippen LogP contribution in [0, 0.1) is 5.82 Å². The summed E-state index contributed by atoms with van der Waals surface area (Å²) in [6, 6.07) is 14.5. The number of hydrogen-bond acceptors (Lipinski definition) is 4. The average Bonchev–Trinajstić information content (AvgIpc) is 2.59. The molecule has 0 N–H and O–H groups in total. The Kier molecular flexibility index (Phi) is 5.05. The largest absolute Gasteiger partial charge is 0.369 e. The zero-order valence-electron chi connectivity index (χ0n) is 13.5. The zero-order valence-corrected chi connectivity index (χ0v) is 14.3. The van der Waals surface area contributed by atoms with Crippen LogP contribution in [0.25, 0.3) is 10.8 Å². The molecule has 0 aliphatic heterocycles. The SMILES string of the molecule is CN(C)C=Nc1nc(SCc2cccc3ccccc23)ncc1F. The Bertz CT molecular complexity index is 875. The van der Waals surface area contributed by atoms with Crippen LogP contribution in [0.4, 0.5) is 10.2 Å². The molecule has 1 aromatic heterocycles. The molecule has 0 saturated heterocycles. The molecule has 0 atom stereocenters. The maximum absolute atomic E-state index is 13.7. The number of fused-ring (bicyclic) bond motifs is 1. The van der Waals surface area contributed by atoms with Gasteiger partial charge in [-0.25, -0.2) is 14.4 Å². The fourth-order valence-electron chi connectivity index (χ4n) is 2.23. The van der Waals surface area contributed by atoms with Crippen LogP contribution in [0.3, 0.4) is 0 Å². The van der Waals surface area contributed by atoms with Gasteiger partial charge in [0.2, 0.25) is 0 Å². The summed E-state index contributed by atoms with van der Waals surface area (Å²) in [4.78, 5) is 14.0. The van der Waals surface area contributed by atoms with Crippen molar-refractivity contribution in [2.75, 3.05) is 14.1 Å². The molecule has 1 heterocycles. The Morgan fingerprint density at radius 3 is 2.79 bits per heavy atom. The molecule has 0 radical (unpaired) electrons. The fourth-order valence-corrected chi connectivity index (χ4v) is 3.05. The summed E-state index contributed by atoms with van der Waals surface area (Å²) in [5.74, 6) is 0.242. The van der Waals surface area contributed by atoms with E-state index in [1.807, 2.05) is 32.3 Å². The minimum Gasteiger partial charge on any atom is -0.369 e. The second kappa shape index (κ2) is 7.40. The minimum absolute atomic E-state index is 0.0547. The first kappa shape index (κ1) is 16.4. The Hall–Kier alpha value is -2.47. The average molecular weight is 340 g/mol. The number of aliphatic imine (C=N–C) groups is 1. The van der Waals surface area contributed by atoms with Crippen molar-refractivity contribution in [2.24, 2.45) is 4.99 Å². The third-order valence-corrected chi connectivity index (χ3v) is 4.26. The molecule has 2 aromatic carbocycles. The predicted molar refractivity (Wildman–Crippen MR) is 97.3 cm³/mol. The number of hydrogen-bond donors (Lipinski definition) is 0. The zero-order chi connectivity index (χ0) is 16.9. The molecule has 0 aliphatic rings. The quantitative estimate of drug-likeness (QED) is 0.301. The van der Waals surface area contributed by atoms with E-state index in [1.165, 1.54) is 40.6 Å². The van der Waals surface area contributed by atoms with Crippen molar-refractivity contribution in [2.45, 2.75) is 10.9 Å². The van der Waals surface area contributed by atoms with E-state index in [9.17, 15) is 4.39 Å². The Morgan fingerprint density at radius 2 is 1.96 bits per heavy atom. The summed E-state index contributed by atoms with van der Waals surface area (Å²) >= 11 is 1.47. The maximum atomic E-state index is 13.7. The highest BCUT2D eigenvalue weighted by Crippen LogP contribution is 2.26. The summed E-state index contributed by atoms with van der Waals surface area (Å²) in [6.07, 6.45) is 2.69. The first-order valence-electron chi connectivity index (χ1n) is 7.46. The van der Waals surface area contributed by atoms with E-state index < -0.39 is 5.82 Å². The molecular formula is C18H17FN4S. The Morgan fingerprint density at radius 1 is 1.17 bits per heavy atom. The molecule has 6 heteroatoms. The second-order valence-corrected chi connectivity index (χ2v) is 6.40. The van der Waals surface area contributed by atoms with Gasteiger partial charge in [0.15, 0.2) is 16.8 Å². The van der Waals surface area contributed by atoms with Crippen molar-refractivity contribution in [3.8, 4) is 0 Å². The molecule has 0 bridgehead atoms. The van der Waals surface area contributed by atoms with E-state index in [4.69, 9.17) is 0 Å². The van der Waals surface area contributed by atoms with E-state index in [0.717, 1.165) is 0 Å². The molecule has 24 heavy (non-hydrogen) atoms. The van der Waals surface area contributed by atoms with Crippen LogP contribution in [0.2, 0.25) is 0 Å². The highest BCUT2D eigenvalue weighted by atomic mass is 32.2.